The van der Waals surface area contributed by atoms with Crippen LogP contribution in [-0.2, 0) is 25.5 Å². The van der Waals surface area contributed by atoms with Crippen molar-refractivity contribution in [1.29, 1.82) is 0 Å². The highest BCUT2D eigenvalue weighted by molar-refractivity contribution is 5.96. The number of benzene rings is 2. The van der Waals surface area contributed by atoms with Gasteiger partial charge < -0.3 is 29.4 Å². The number of para-hydroxylation sites is 1. The lowest BCUT2D eigenvalue weighted by Gasteiger charge is -2.34. The number of fused-ring (bicyclic) bond motifs is 5. The maximum absolute atomic E-state index is 13.2. The van der Waals surface area contributed by atoms with Crippen LogP contribution in [0.3, 0.4) is 0 Å². The summed E-state index contributed by atoms with van der Waals surface area (Å²) in [6.07, 6.45) is 4.54. The van der Waals surface area contributed by atoms with Crippen LogP contribution in [-0.4, -0.2) is 54.0 Å². The van der Waals surface area contributed by atoms with Gasteiger partial charge in [0.2, 0.25) is 5.91 Å². The van der Waals surface area contributed by atoms with Crippen LogP contribution in [0.25, 0.3) is 17.0 Å². The minimum absolute atomic E-state index is 0.0904. The number of aromatic amines is 1. The molecule has 0 spiro atoms. The van der Waals surface area contributed by atoms with Gasteiger partial charge in [-0.15, -0.1) is 0 Å². The highest BCUT2D eigenvalue weighted by Gasteiger charge is 2.44. The van der Waals surface area contributed by atoms with E-state index in [-0.39, 0.29) is 30.8 Å². The molecule has 0 bridgehead atoms. The van der Waals surface area contributed by atoms with E-state index in [1.54, 1.807) is 23.1 Å². The Morgan fingerprint density at radius 3 is 2.91 bits per heavy atom. The first-order valence-electron chi connectivity index (χ1n) is 12.0. The molecule has 3 atom stereocenters. The van der Waals surface area contributed by atoms with E-state index in [1.807, 2.05) is 30.3 Å². The number of carbonyl (C=O) groups is 2. The first-order valence-corrected chi connectivity index (χ1v) is 12.0. The summed E-state index contributed by atoms with van der Waals surface area (Å²) in [4.78, 5) is 30.9. The Labute approximate surface area is 202 Å². The van der Waals surface area contributed by atoms with Crippen molar-refractivity contribution in [2.24, 2.45) is 0 Å². The zero-order chi connectivity index (χ0) is 23.8. The molecule has 2 fully saturated rings. The molecule has 3 aromatic rings. The summed E-state index contributed by atoms with van der Waals surface area (Å²) in [5.41, 5.74) is 4.37. The molecule has 180 valence electrons. The second kappa shape index (κ2) is 9.30. The second-order valence-electron chi connectivity index (χ2n) is 9.10. The fourth-order valence-corrected chi connectivity index (χ4v) is 5.12. The van der Waals surface area contributed by atoms with Crippen molar-refractivity contribution >= 4 is 28.8 Å². The number of hydrogen-bond donors (Lipinski definition) is 2. The summed E-state index contributed by atoms with van der Waals surface area (Å²) in [6, 6.07) is 15.3. The summed E-state index contributed by atoms with van der Waals surface area (Å²) in [6.45, 7) is 1.81. The molecule has 2 N–H and O–H groups in total. The van der Waals surface area contributed by atoms with E-state index in [0.29, 0.717) is 18.7 Å². The third-order valence-electron chi connectivity index (χ3n) is 6.86. The number of amides is 2. The van der Waals surface area contributed by atoms with Gasteiger partial charge in [-0.1, -0.05) is 30.3 Å². The average Bonchev–Trinajstić information content (AvgIpc) is 3.64. The Bertz CT molecular complexity index is 1290. The maximum atomic E-state index is 13.2. The third kappa shape index (κ3) is 4.25. The first kappa shape index (κ1) is 22.0. The predicted octanol–water partition coefficient (Wildman–Crippen LogP) is 3.50. The van der Waals surface area contributed by atoms with Crippen molar-refractivity contribution in [1.82, 2.24) is 15.2 Å². The SMILES string of the molecule is O=C(NCC1CCCO1)c1cccc(C=CC(=O)N2Cc3[nH]c4ccccc4c3C3OCOC32)c1. The Hall–Kier alpha value is -3.46. The van der Waals surface area contributed by atoms with E-state index in [4.69, 9.17) is 14.2 Å². The lowest BCUT2D eigenvalue weighted by atomic mass is 9.99. The highest BCUT2D eigenvalue weighted by atomic mass is 16.7. The van der Waals surface area contributed by atoms with Gasteiger partial charge in [0, 0.05) is 47.0 Å². The van der Waals surface area contributed by atoms with E-state index < -0.39 is 6.23 Å². The van der Waals surface area contributed by atoms with Gasteiger partial charge in [-0.2, -0.15) is 0 Å². The third-order valence-corrected chi connectivity index (χ3v) is 6.86. The molecule has 2 amide bonds. The Kier molecular flexibility index (Phi) is 5.85. The van der Waals surface area contributed by atoms with Gasteiger partial charge in [0.25, 0.3) is 5.91 Å². The molecule has 8 nitrogen and oxygen atoms in total. The molecule has 8 heteroatoms. The normalized spacial score (nSPS) is 23.5. The van der Waals surface area contributed by atoms with Crippen molar-refractivity contribution in [2.45, 2.75) is 37.8 Å². The van der Waals surface area contributed by atoms with Gasteiger partial charge in [-0.05, 0) is 42.7 Å². The van der Waals surface area contributed by atoms with Gasteiger partial charge >= 0.3 is 0 Å². The molecular formula is C27H27N3O5. The quantitative estimate of drug-likeness (QED) is 0.554. The van der Waals surface area contributed by atoms with E-state index in [1.165, 1.54) is 6.08 Å². The second-order valence-corrected chi connectivity index (χ2v) is 9.10. The number of hydrogen-bond acceptors (Lipinski definition) is 5. The molecule has 3 aliphatic heterocycles. The van der Waals surface area contributed by atoms with Crippen LogP contribution in [0.1, 0.15) is 46.1 Å². The monoisotopic (exact) mass is 473 g/mol. The smallest absolute Gasteiger partial charge is 0.251 e. The summed E-state index contributed by atoms with van der Waals surface area (Å²) < 4.78 is 17.3. The van der Waals surface area contributed by atoms with Crippen molar-refractivity contribution < 1.29 is 23.8 Å². The molecule has 2 saturated heterocycles. The van der Waals surface area contributed by atoms with Crippen LogP contribution >= 0.6 is 0 Å². The summed E-state index contributed by atoms with van der Waals surface area (Å²) in [7, 11) is 0. The van der Waals surface area contributed by atoms with E-state index >= 15 is 0 Å². The molecule has 0 radical (unpaired) electrons. The average molecular weight is 474 g/mol. The zero-order valence-corrected chi connectivity index (χ0v) is 19.2. The standard InChI is InChI=1S/C27H27N3O5/c31-23(11-10-17-5-3-6-18(13-17)26(32)28-14-19-7-4-12-33-19)30-15-22-24(25-27(30)35-16-34-25)20-8-1-2-9-21(20)29-22/h1-3,5-6,8-11,13,19,25,27,29H,4,7,12,14-16H2,(H,28,32). The van der Waals surface area contributed by atoms with Gasteiger partial charge in [-0.25, -0.2) is 0 Å². The Balaban J connectivity index is 1.17. The molecule has 1 aromatic heterocycles. The number of ether oxygens (including phenoxy) is 3. The molecule has 3 unspecified atom stereocenters. The lowest BCUT2D eigenvalue weighted by Crippen LogP contribution is -2.44. The molecule has 4 heterocycles. The number of aromatic nitrogens is 1. The van der Waals surface area contributed by atoms with Gasteiger partial charge in [0.1, 0.15) is 6.10 Å². The zero-order valence-electron chi connectivity index (χ0n) is 19.2. The van der Waals surface area contributed by atoms with Crippen LogP contribution in [0.4, 0.5) is 0 Å². The van der Waals surface area contributed by atoms with Crippen LogP contribution in [0.2, 0.25) is 0 Å². The van der Waals surface area contributed by atoms with Gasteiger partial charge in [0.05, 0.1) is 12.6 Å². The van der Waals surface area contributed by atoms with Crippen molar-refractivity contribution in [3.8, 4) is 0 Å². The topological polar surface area (TPSA) is 92.9 Å². The molecule has 35 heavy (non-hydrogen) atoms. The molecular weight excluding hydrogens is 446 g/mol. The van der Waals surface area contributed by atoms with Gasteiger partial charge in [-0.3, -0.25) is 9.59 Å². The Morgan fingerprint density at radius 2 is 2.03 bits per heavy atom. The first-order chi connectivity index (χ1) is 17.2. The molecule has 3 aliphatic rings. The molecule has 0 saturated carbocycles. The number of H-pyrrole nitrogens is 1. The van der Waals surface area contributed by atoms with Crippen molar-refractivity contribution in [2.75, 3.05) is 19.9 Å². The predicted molar refractivity (Wildman–Crippen MR) is 129 cm³/mol. The minimum atomic E-state index is -0.478. The van der Waals surface area contributed by atoms with Crippen LogP contribution in [0.5, 0.6) is 0 Å². The number of rotatable bonds is 5. The van der Waals surface area contributed by atoms with E-state index in [2.05, 4.69) is 16.4 Å². The van der Waals surface area contributed by atoms with Gasteiger partial charge in [0.15, 0.2) is 13.0 Å². The van der Waals surface area contributed by atoms with Crippen LogP contribution in [0.15, 0.2) is 54.6 Å². The fraction of sp³-hybridized carbons (Fsp3) is 0.333. The van der Waals surface area contributed by atoms with Crippen LogP contribution in [0, 0.1) is 0 Å². The molecule has 6 rings (SSSR count). The number of nitrogens with one attached hydrogen (secondary N) is 2. The number of carbonyl (C=O) groups excluding carboxylic acids is 2. The van der Waals surface area contributed by atoms with Crippen molar-refractivity contribution in [3.63, 3.8) is 0 Å². The molecule has 0 aliphatic carbocycles. The maximum Gasteiger partial charge on any atom is 0.251 e. The summed E-state index contributed by atoms with van der Waals surface area (Å²) in [5, 5.41) is 4.03. The lowest BCUT2D eigenvalue weighted by molar-refractivity contribution is -0.140. The highest BCUT2D eigenvalue weighted by Crippen LogP contribution is 2.42. The van der Waals surface area contributed by atoms with E-state index in [9.17, 15) is 9.59 Å². The summed E-state index contributed by atoms with van der Waals surface area (Å²) in [5.74, 6) is -0.327. The van der Waals surface area contributed by atoms with E-state index in [0.717, 1.165) is 47.2 Å². The molecule has 2 aromatic carbocycles. The largest absolute Gasteiger partial charge is 0.376 e. The fourth-order valence-electron chi connectivity index (χ4n) is 5.12. The van der Waals surface area contributed by atoms with Crippen LogP contribution < -0.4 is 5.32 Å². The number of nitrogens with zero attached hydrogens (tertiary/aromatic N) is 1. The Morgan fingerprint density at radius 1 is 1.11 bits per heavy atom. The summed E-state index contributed by atoms with van der Waals surface area (Å²) >= 11 is 0. The van der Waals surface area contributed by atoms with Crippen molar-refractivity contribution in [3.05, 3.63) is 77.0 Å². The minimum Gasteiger partial charge on any atom is -0.376 e.